The van der Waals surface area contributed by atoms with Crippen molar-refractivity contribution in [2.24, 2.45) is 0 Å². The molecule has 0 fully saturated rings. The lowest BCUT2D eigenvalue weighted by atomic mass is 9.96. The van der Waals surface area contributed by atoms with E-state index in [2.05, 4.69) is 24.5 Å². The Morgan fingerprint density at radius 1 is 1.15 bits per heavy atom. The second kappa shape index (κ2) is 7.82. The maximum Gasteiger partial charge on any atom is 0.251 e. The van der Waals surface area contributed by atoms with E-state index in [1.807, 2.05) is 49.4 Å². The molecule has 142 valence electrons. The third kappa shape index (κ3) is 4.13. The van der Waals surface area contributed by atoms with Gasteiger partial charge in [-0.1, -0.05) is 45.0 Å². The molecule has 0 aliphatic carbocycles. The summed E-state index contributed by atoms with van der Waals surface area (Å²) in [4.78, 5) is 24.9. The standard InChI is InChI=1S/C22H26N2O3/c1-13(2)15-8-9-19-18(12-15)21(22(26)23-19)24-20(25)10-14(3)16-6-5-7-17(11-16)27-4/h5-9,11-14,21H,10H2,1-4H3,(H,23,26)(H,24,25). The van der Waals surface area contributed by atoms with Crippen molar-refractivity contribution in [3.05, 3.63) is 59.2 Å². The van der Waals surface area contributed by atoms with Gasteiger partial charge in [0.05, 0.1) is 7.11 Å². The van der Waals surface area contributed by atoms with Crippen molar-refractivity contribution in [2.75, 3.05) is 12.4 Å². The maximum absolute atomic E-state index is 12.6. The van der Waals surface area contributed by atoms with Crippen LogP contribution in [0.1, 0.15) is 61.8 Å². The monoisotopic (exact) mass is 366 g/mol. The van der Waals surface area contributed by atoms with Crippen LogP contribution in [-0.4, -0.2) is 18.9 Å². The highest BCUT2D eigenvalue weighted by Crippen LogP contribution is 2.33. The smallest absolute Gasteiger partial charge is 0.251 e. The first kappa shape index (κ1) is 19.0. The minimum Gasteiger partial charge on any atom is -0.497 e. The molecule has 0 saturated carbocycles. The number of benzene rings is 2. The molecule has 2 amide bonds. The summed E-state index contributed by atoms with van der Waals surface area (Å²) >= 11 is 0. The highest BCUT2D eigenvalue weighted by Gasteiger charge is 2.32. The molecule has 2 unspecified atom stereocenters. The van der Waals surface area contributed by atoms with Gasteiger partial charge in [-0.05, 0) is 41.2 Å². The molecule has 1 heterocycles. The van der Waals surface area contributed by atoms with Gasteiger partial charge in [0.15, 0.2) is 0 Å². The van der Waals surface area contributed by atoms with Crippen molar-refractivity contribution in [3.8, 4) is 5.75 Å². The Bertz CT molecular complexity index is 860. The summed E-state index contributed by atoms with van der Waals surface area (Å²) in [5.74, 6) is 0.813. The van der Waals surface area contributed by atoms with Crippen molar-refractivity contribution in [1.29, 1.82) is 0 Å². The molecule has 0 radical (unpaired) electrons. The molecule has 2 N–H and O–H groups in total. The molecule has 1 aliphatic rings. The molecule has 5 heteroatoms. The number of amides is 2. The summed E-state index contributed by atoms with van der Waals surface area (Å²) in [5, 5.41) is 5.75. The number of methoxy groups -OCH3 is 1. The van der Waals surface area contributed by atoms with E-state index in [9.17, 15) is 9.59 Å². The van der Waals surface area contributed by atoms with Gasteiger partial charge >= 0.3 is 0 Å². The van der Waals surface area contributed by atoms with Crippen molar-refractivity contribution < 1.29 is 14.3 Å². The Morgan fingerprint density at radius 3 is 2.63 bits per heavy atom. The number of nitrogens with one attached hydrogen (secondary N) is 2. The van der Waals surface area contributed by atoms with Crippen LogP contribution in [0.3, 0.4) is 0 Å². The number of carbonyl (C=O) groups excluding carboxylic acids is 2. The van der Waals surface area contributed by atoms with E-state index in [-0.39, 0.29) is 17.7 Å². The molecule has 0 aromatic heterocycles. The van der Waals surface area contributed by atoms with Crippen molar-refractivity contribution in [1.82, 2.24) is 5.32 Å². The van der Waals surface area contributed by atoms with Crippen molar-refractivity contribution >= 4 is 17.5 Å². The Labute approximate surface area is 160 Å². The van der Waals surface area contributed by atoms with Crippen LogP contribution in [0.25, 0.3) is 0 Å². The van der Waals surface area contributed by atoms with Crippen LogP contribution in [0.2, 0.25) is 0 Å². The second-order valence-electron chi connectivity index (χ2n) is 7.37. The third-order valence-electron chi connectivity index (χ3n) is 5.03. The van der Waals surface area contributed by atoms with Crippen LogP contribution in [0.5, 0.6) is 5.75 Å². The molecular formula is C22H26N2O3. The van der Waals surface area contributed by atoms with Crippen molar-refractivity contribution in [2.45, 2.75) is 45.1 Å². The minimum atomic E-state index is -0.635. The van der Waals surface area contributed by atoms with Gasteiger partial charge in [0, 0.05) is 17.7 Å². The number of hydrogen-bond donors (Lipinski definition) is 2. The molecule has 2 atom stereocenters. The first-order valence-corrected chi connectivity index (χ1v) is 9.27. The fourth-order valence-electron chi connectivity index (χ4n) is 3.35. The van der Waals surface area contributed by atoms with Crippen LogP contribution in [0, 0.1) is 0 Å². The predicted octanol–water partition coefficient (Wildman–Crippen LogP) is 4.12. The van der Waals surface area contributed by atoms with Gasteiger partial charge in [0.2, 0.25) is 5.91 Å². The first-order valence-electron chi connectivity index (χ1n) is 9.27. The molecule has 2 aromatic rings. The number of anilines is 1. The predicted molar refractivity (Wildman–Crippen MR) is 106 cm³/mol. The number of fused-ring (bicyclic) bond motifs is 1. The minimum absolute atomic E-state index is 0.0195. The summed E-state index contributed by atoms with van der Waals surface area (Å²) in [7, 11) is 1.62. The number of rotatable bonds is 6. The van der Waals surface area contributed by atoms with Gasteiger partial charge in [0.1, 0.15) is 11.8 Å². The van der Waals surface area contributed by atoms with Gasteiger partial charge in [-0.25, -0.2) is 0 Å². The average molecular weight is 366 g/mol. The fraction of sp³-hybridized carbons (Fsp3) is 0.364. The van der Waals surface area contributed by atoms with E-state index in [0.29, 0.717) is 12.3 Å². The van der Waals surface area contributed by atoms with E-state index >= 15 is 0 Å². The summed E-state index contributed by atoms with van der Waals surface area (Å²) in [6.45, 7) is 6.21. The summed E-state index contributed by atoms with van der Waals surface area (Å²) in [6, 6.07) is 13.0. The molecule has 0 spiro atoms. The lowest BCUT2D eigenvalue weighted by molar-refractivity contribution is -0.126. The summed E-state index contributed by atoms with van der Waals surface area (Å²) in [5.41, 5.74) is 3.79. The fourth-order valence-corrected chi connectivity index (χ4v) is 3.35. The summed E-state index contributed by atoms with van der Waals surface area (Å²) < 4.78 is 5.25. The highest BCUT2D eigenvalue weighted by molar-refractivity contribution is 6.04. The number of hydrogen-bond acceptors (Lipinski definition) is 3. The largest absolute Gasteiger partial charge is 0.497 e. The van der Waals surface area contributed by atoms with Crippen molar-refractivity contribution in [3.63, 3.8) is 0 Å². The zero-order valence-corrected chi connectivity index (χ0v) is 16.2. The van der Waals surface area contributed by atoms with Crippen LogP contribution < -0.4 is 15.4 Å². The molecular weight excluding hydrogens is 340 g/mol. The van der Waals surface area contributed by atoms with E-state index in [1.54, 1.807) is 7.11 Å². The molecule has 5 nitrogen and oxygen atoms in total. The van der Waals surface area contributed by atoms with Gasteiger partial charge in [-0.15, -0.1) is 0 Å². The quantitative estimate of drug-likeness (QED) is 0.808. The Kier molecular flexibility index (Phi) is 5.49. The average Bonchev–Trinajstić information content (AvgIpc) is 2.96. The van der Waals surface area contributed by atoms with Gasteiger partial charge in [-0.2, -0.15) is 0 Å². The van der Waals surface area contributed by atoms with Crippen LogP contribution in [-0.2, 0) is 9.59 Å². The molecule has 27 heavy (non-hydrogen) atoms. The van der Waals surface area contributed by atoms with Gasteiger partial charge in [0.25, 0.3) is 5.91 Å². The Balaban J connectivity index is 1.71. The third-order valence-corrected chi connectivity index (χ3v) is 5.03. The van der Waals surface area contributed by atoms with Crippen LogP contribution in [0.4, 0.5) is 5.69 Å². The molecule has 0 saturated heterocycles. The van der Waals surface area contributed by atoms with Gasteiger partial charge < -0.3 is 15.4 Å². The van der Waals surface area contributed by atoms with E-state index in [1.165, 1.54) is 0 Å². The zero-order chi connectivity index (χ0) is 19.6. The normalized spacial score (nSPS) is 16.6. The Morgan fingerprint density at radius 2 is 1.93 bits per heavy atom. The highest BCUT2D eigenvalue weighted by atomic mass is 16.5. The van der Waals surface area contributed by atoms with Crippen LogP contribution >= 0.6 is 0 Å². The molecule has 1 aliphatic heterocycles. The lowest BCUT2D eigenvalue weighted by Gasteiger charge is -2.16. The summed E-state index contributed by atoms with van der Waals surface area (Å²) in [6.07, 6.45) is 0.302. The van der Waals surface area contributed by atoms with E-state index < -0.39 is 6.04 Å². The Hall–Kier alpha value is -2.82. The van der Waals surface area contributed by atoms with E-state index in [0.717, 1.165) is 28.1 Å². The molecule has 3 rings (SSSR count). The second-order valence-corrected chi connectivity index (χ2v) is 7.37. The SMILES string of the molecule is COc1cccc(C(C)CC(=O)NC2C(=O)Nc3ccc(C(C)C)cc32)c1. The molecule has 0 bridgehead atoms. The van der Waals surface area contributed by atoms with Gasteiger partial charge in [-0.3, -0.25) is 9.59 Å². The maximum atomic E-state index is 12.6. The topological polar surface area (TPSA) is 67.4 Å². The van der Waals surface area contributed by atoms with E-state index in [4.69, 9.17) is 4.74 Å². The number of ether oxygens (including phenoxy) is 1. The lowest BCUT2D eigenvalue weighted by Crippen LogP contribution is -2.33. The first-order chi connectivity index (χ1) is 12.9. The zero-order valence-electron chi connectivity index (χ0n) is 16.2. The number of carbonyl (C=O) groups is 2. The molecule has 2 aromatic carbocycles. The van der Waals surface area contributed by atoms with Crippen LogP contribution in [0.15, 0.2) is 42.5 Å².